The molecule has 1 fully saturated rings. The van der Waals surface area contributed by atoms with Crippen LogP contribution in [0.25, 0.3) is 0 Å². The molecule has 0 saturated carbocycles. The summed E-state index contributed by atoms with van der Waals surface area (Å²) >= 11 is 0. The van der Waals surface area contributed by atoms with E-state index in [1.165, 1.54) is 0 Å². The van der Waals surface area contributed by atoms with Gasteiger partial charge in [0.05, 0.1) is 18.4 Å². The van der Waals surface area contributed by atoms with Crippen molar-refractivity contribution >= 4 is 17.8 Å². The summed E-state index contributed by atoms with van der Waals surface area (Å²) in [5.41, 5.74) is 5.28. The molecule has 1 aliphatic rings. The highest BCUT2D eigenvalue weighted by Crippen LogP contribution is 2.16. The van der Waals surface area contributed by atoms with Crippen LogP contribution in [0.2, 0.25) is 0 Å². The van der Waals surface area contributed by atoms with E-state index in [4.69, 9.17) is 10.8 Å². The van der Waals surface area contributed by atoms with Crippen molar-refractivity contribution < 1.29 is 19.5 Å². The van der Waals surface area contributed by atoms with Crippen LogP contribution in [0.1, 0.15) is 19.8 Å². The zero-order valence-electron chi connectivity index (χ0n) is 12.0. The molecule has 0 aromatic heterocycles. The van der Waals surface area contributed by atoms with Crippen molar-refractivity contribution in [2.45, 2.75) is 19.8 Å². The van der Waals surface area contributed by atoms with Gasteiger partial charge in [-0.3, -0.25) is 19.3 Å². The minimum absolute atomic E-state index is 0.0870. The second kappa shape index (κ2) is 7.23. The highest BCUT2D eigenvalue weighted by molar-refractivity contribution is 5.81. The molecule has 0 radical (unpaired) electrons. The molecule has 0 aliphatic carbocycles. The molecule has 7 heteroatoms. The number of likely N-dealkylation sites (tertiary alicyclic amines) is 1. The first-order valence-corrected chi connectivity index (χ1v) is 6.79. The van der Waals surface area contributed by atoms with Crippen LogP contribution in [0.4, 0.5) is 0 Å². The van der Waals surface area contributed by atoms with E-state index < -0.39 is 11.9 Å². The van der Waals surface area contributed by atoms with Crippen LogP contribution in [0.15, 0.2) is 0 Å². The lowest BCUT2D eigenvalue weighted by Gasteiger charge is -2.32. The van der Waals surface area contributed by atoms with Gasteiger partial charge in [-0.2, -0.15) is 0 Å². The maximum absolute atomic E-state index is 12.1. The lowest BCUT2D eigenvalue weighted by Crippen LogP contribution is -2.47. The Labute approximate surface area is 118 Å². The second-order valence-electron chi connectivity index (χ2n) is 5.52. The van der Waals surface area contributed by atoms with Crippen molar-refractivity contribution in [3.8, 4) is 0 Å². The van der Waals surface area contributed by atoms with Gasteiger partial charge in [0.2, 0.25) is 11.8 Å². The zero-order valence-corrected chi connectivity index (χ0v) is 12.0. The van der Waals surface area contributed by atoms with E-state index in [1.807, 2.05) is 0 Å². The fourth-order valence-corrected chi connectivity index (χ4v) is 2.38. The van der Waals surface area contributed by atoms with Gasteiger partial charge in [-0.05, 0) is 19.9 Å². The number of carbonyl (C=O) groups excluding carboxylic acids is 2. The summed E-state index contributed by atoms with van der Waals surface area (Å²) in [5, 5.41) is 8.84. The Morgan fingerprint density at radius 2 is 2.10 bits per heavy atom. The van der Waals surface area contributed by atoms with Gasteiger partial charge < -0.3 is 15.7 Å². The highest BCUT2D eigenvalue weighted by atomic mass is 16.4. The SMILES string of the molecule is CC(CN(C)CC(=O)N1CCCC(C(N)=O)C1)C(=O)O. The first-order chi connectivity index (χ1) is 9.31. The fourth-order valence-electron chi connectivity index (χ4n) is 2.38. The third-order valence-corrected chi connectivity index (χ3v) is 3.59. The normalized spacial score (nSPS) is 20.8. The molecule has 2 amide bonds. The molecule has 1 aliphatic heterocycles. The first kappa shape index (κ1) is 16.4. The number of carboxylic acid groups (broad SMARTS) is 1. The van der Waals surface area contributed by atoms with Crippen LogP contribution < -0.4 is 5.73 Å². The summed E-state index contributed by atoms with van der Waals surface area (Å²) in [4.78, 5) is 37.4. The Morgan fingerprint density at radius 3 is 2.65 bits per heavy atom. The maximum atomic E-state index is 12.1. The van der Waals surface area contributed by atoms with E-state index in [0.29, 0.717) is 19.6 Å². The van der Waals surface area contributed by atoms with E-state index in [-0.39, 0.29) is 24.3 Å². The summed E-state index contributed by atoms with van der Waals surface area (Å²) in [5.74, 6) is -2.12. The van der Waals surface area contributed by atoms with E-state index in [1.54, 1.807) is 23.8 Å². The number of carbonyl (C=O) groups is 3. The van der Waals surface area contributed by atoms with Crippen LogP contribution in [-0.2, 0) is 14.4 Å². The molecule has 7 nitrogen and oxygen atoms in total. The molecule has 2 atom stereocenters. The summed E-state index contributed by atoms with van der Waals surface area (Å²) in [6, 6.07) is 0. The van der Waals surface area contributed by atoms with Crippen molar-refractivity contribution in [2.75, 3.05) is 33.2 Å². The number of nitrogens with two attached hydrogens (primary N) is 1. The third-order valence-electron chi connectivity index (χ3n) is 3.59. The molecule has 114 valence electrons. The highest BCUT2D eigenvalue weighted by Gasteiger charge is 2.27. The van der Waals surface area contributed by atoms with Crippen molar-refractivity contribution in [1.82, 2.24) is 9.80 Å². The lowest BCUT2D eigenvalue weighted by atomic mass is 9.97. The fraction of sp³-hybridized carbons (Fsp3) is 0.769. The number of rotatable bonds is 6. The summed E-state index contributed by atoms with van der Waals surface area (Å²) in [6.45, 7) is 3.08. The predicted octanol–water partition coefficient (Wildman–Crippen LogP) is -0.637. The molecule has 1 saturated heterocycles. The number of hydrogen-bond donors (Lipinski definition) is 2. The molecular formula is C13H23N3O4. The van der Waals surface area contributed by atoms with E-state index in [2.05, 4.69) is 0 Å². The van der Waals surface area contributed by atoms with Crippen LogP contribution >= 0.6 is 0 Å². The number of likely N-dealkylation sites (N-methyl/N-ethyl adjacent to an activating group) is 1. The van der Waals surface area contributed by atoms with Crippen molar-refractivity contribution in [2.24, 2.45) is 17.6 Å². The van der Waals surface area contributed by atoms with Crippen molar-refractivity contribution in [3.05, 3.63) is 0 Å². The minimum Gasteiger partial charge on any atom is -0.481 e. The van der Waals surface area contributed by atoms with Crippen LogP contribution in [0.3, 0.4) is 0 Å². The maximum Gasteiger partial charge on any atom is 0.307 e. The zero-order chi connectivity index (χ0) is 15.3. The van der Waals surface area contributed by atoms with E-state index in [0.717, 1.165) is 12.8 Å². The van der Waals surface area contributed by atoms with Gasteiger partial charge in [-0.1, -0.05) is 6.92 Å². The Balaban J connectivity index is 2.45. The van der Waals surface area contributed by atoms with Gasteiger partial charge in [0, 0.05) is 19.6 Å². The van der Waals surface area contributed by atoms with Crippen molar-refractivity contribution in [3.63, 3.8) is 0 Å². The molecule has 20 heavy (non-hydrogen) atoms. The Hall–Kier alpha value is -1.63. The number of amides is 2. The van der Waals surface area contributed by atoms with E-state index >= 15 is 0 Å². The average Bonchev–Trinajstić information content (AvgIpc) is 2.38. The molecule has 0 spiro atoms. The Kier molecular flexibility index (Phi) is 5.94. The molecule has 0 aromatic rings. The molecule has 0 aromatic carbocycles. The quantitative estimate of drug-likeness (QED) is 0.675. The first-order valence-electron chi connectivity index (χ1n) is 6.79. The van der Waals surface area contributed by atoms with E-state index in [9.17, 15) is 14.4 Å². The van der Waals surface area contributed by atoms with Gasteiger partial charge in [0.1, 0.15) is 0 Å². The molecule has 3 N–H and O–H groups in total. The Morgan fingerprint density at radius 1 is 1.45 bits per heavy atom. The monoisotopic (exact) mass is 285 g/mol. The number of nitrogens with zero attached hydrogens (tertiary/aromatic N) is 2. The largest absolute Gasteiger partial charge is 0.481 e. The van der Waals surface area contributed by atoms with Gasteiger partial charge in [-0.25, -0.2) is 0 Å². The Bertz CT molecular complexity index is 386. The number of primary amides is 1. The number of hydrogen-bond acceptors (Lipinski definition) is 4. The number of carboxylic acids is 1. The van der Waals surface area contributed by atoms with Crippen LogP contribution in [0, 0.1) is 11.8 Å². The molecule has 1 heterocycles. The topological polar surface area (TPSA) is 104 Å². The van der Waals surface area contributed by atoms with Gasteiger partial charge in [0.25, 0.3) is 0 Å². The molecule has 1 rings (SSSR count). The second-order valence-corrected chi connectivity index (χ2v) is 5.52. The summed E-state index contributed by atoms with van der Waals surface area (Å²) in [7, 11) is 1.72. The number of aliphatic carboxylic acids is 1. The molecular weight excluding hydrogens is 262 g/mol. The van der Waals surface area contributed by atoms with Crippen LogP contribution in [-0.4, -0.2) is 65.9 Å². The smallest absolute Gasteiger partial charge is 0.307 e. The minimum atomic E-state index is -0.879. The number of piperidine rings is 1. The van der Waals surface area contributed by atoms with Gasteiger partial charge >= 0.3 is 5.97 Å². The molecule has 2 unspecified atom stereocenters. The lowest BCUT2D eigenvalue weighted by molar-refractivity contribution is -0.143. The molecule has 0 bridgehead atoms. The standard InChI is InChI=1S/C13H23N3O4/c1-9(13(19)20)6-15(2)8-11(17)16-5-3-4-10(7-16)12(14)18/h9-10H,3-8H2,1-2H3,(H2,14,18)(H,19,20). The average molecular weight is 285 g/mol. The third kappa shape index (κ3) is 4.80. The predicted molar refractivity (Wildman–Crippen MR) is 72.8 cm³/mol. The van der Waals surface area contributed by atoms with Crippen molar-refractivity contribution in [1.29, 1.82) is 0 Å². The van der Waals surface area contributed by atoms with Gasteiger partial charge in [0.15, 0.2) is 0 Å². The summed E-state index contributed by atoms with van der Waals surface area (Å²) < 4.78 is 0. The van der Waals surface area contributed by atoms with Gasteiger partial charge in [-0.15, -0.1) is 0 Å². The van der Waals surface area contributed by atoms with Crippen LogP contribution in [0.5, 0.6) is 0 Å². The summed E-state index contributed by atoms with van der Waals surface area (Å²) in [6.07, 6.45) is 1.50.